The summed E-state index contributed by atoms with van der Waals surface area (Å²) < 4.78 is 11.1. The van der Waals surface area contributed by atoms with Gasteiger partial charge in [0.1, 0.15) is 16.0 Å². The number of hydrogen-bond acceptors (Lipinski definition) is 3. The summed E-state index contributed by atoms with van der Waals surface area (Å²) in [4.78, 5) is 12.6. The molecule has 3 nitrogen and oxygen atoms in total. The maximum atomic E-state index is 12.6. The standard InChI is InChI=1S/C15H11BrCl2O3/c1-20-12-6-5-10(15(21-2)13(12)16)14(19)9-4-3-8(17)7-11(9)18/h3-7H,1-2H3. The number of benzene rings is 2. The third-order valence-corrected chi connectivity index (χ3v) is 4.20. The van der Waals surface area contributed by atoms with Gasteiger partial charge in [0, 0.05) is 10.6 Å². The third kappa shape index (κ3) is 3.18. The largest absolute Gasteiger partial charge is 0.495 e. The van der Waals surface area contributed by atoms with Crippen LogP contribution in [0.2, 0.25) is 10.0 Å². The molecule has 2 rings (SSSR count). The van der Waals surface area contributed by atoms with E-state index in [9.17, 15) is 4.79 Å². The molecule has 0 heterocycles. The number of ether oxygens (including phenoxy) is 2. The Bertz CT molecular complexity index is 702. The van der Waals surface area contributed by atoms with Gasteiger partial charge in [-0.25, -0.2) is 0 Å². The Balaban J connectivity index is 2.55. The van der Waals surface area contributed by atoms with Gasteiger partial charge in [-0.15, -0.1) is 0 Å². The molecular formula is C15H11BrCl2O3. The van der Waals surface area contributed by atoms with E-state index >= 15 is 0 Å². The molecule has 0 atom stereocenters. The van der Waals surface area contributed by atoms with Crippen LogP contribution < -0.4 is 9.47 Å². The van der Waals surface area contributed by atoms with Crippen LogP contribution in [0, 0.1) is 0 Å². The van der Waals surface area contributed by atoms with Gasteiger partial charge in [-0.3, -0.25) is 4.79 Å². The van der Waals surface area contributed by atoms with Crippen molar-refractivity contribution in [3.63, 3.8) is 0 Å². The molecule has 0 saturated carbocycles. The van der Waals surface area contributed by atoms with Crippen LogP contribution in [0.4, 0.5) is 0 Å². The van der Waals surface area contributed by atoms with Crippen molar-refractivity contribution >= 4 is 44.9 Å². The molecule has 0 aliphatic heterocycles. The Kier molecular flexibility index (Phi) is 5.14. The minimum Gasteiger partial charge on any atom is -0.495 e. The fourth-order valence-corrected chi connectivity index (χ4v) is 3.06. The van der Waals surface area contributed by atoms with Crippen molar-refractivity contribution in [1.82, 2.24) is 0 Å². The lowest BCUT2D eigenvalue weighted by atomic mass is 10.0. The predicted octanol–water partition coefficient (Wildman–Crippen LogP) is 5.00. The highest BCUT2D eigenvalue weighted by molar-refractivity contribution is 9.10. The monoisotopic (exact) mass is 388 g/mol. The van der Waals surface area contributed by atoms with E-state index in [4.69, 9.17) is 32.7 Å². The van der Waals surface area contributed by atoms with Crippen LogP contribution in [0.5, 0.6) is 11.5 Å². The minimum atomic E-state index is -0.253. The fraction of sp³-hybridized carbons (Fsp3) is 0.133. The summed E-state index contributed by atoms with van der Waals surface area (Å²) in [6.07, 6.45) is 0. The highest BCUT2D eigenvalue weighted by Gasteiger charge is 2.21. The fourth-order valence-electron chi connectivity index (χ4n) is 1.89. The number of ketones is 1. The predicted molar refractivity (Wildman–Crippen MR) is 87.1 cm³/mol. The summed E-state index contributed by atoms with van der Waals surface area (Å²) in [5.74, 6) is 0.716. The topological polar surface area (TPSA) is 35.5 Å². The lowest BCUT2D eigenvalue weighted by Crippen LogP contribution is -2.06. The summed E-state index contributed by atoms with van der Waals surface area (Å²) >= 11 is 15.3. The van der Waals surface area contributed by atoms with E-state index in [-0.39, 0.29) is 5.78 Å². The maximum Gasteiger partial charge on any atom is 0.198 e. The van der Waals surface area contributed by atoms with E-state index < -0.39 is 0 Å². The van der Waals surface area contributed by atoms with Crippen LogP contribution >= 0.6 is 39.1 Å². The van der Waals surface area contributed by atoms with Gasteiger partial charge in [0.2, 0.25) is 0 Å². The first kappa shape index (κ1) is 16.1. The summed E-state index contributed by atoms with van der Waals surface area (Å²) in [6, 6.07) is 8.05. The molecule has 0 aliphatic rings. The Morgan fingerprint density at radius 2 is 1.71 bits per heavy atom. The molecule has 2 aromatic carbocycles. The number of rotatable bonds is 4. The van der Waals surface area contributed by atoms with E-state index in [1.54, 1.807) is 24.3 Å². The van der Waals surface area contributed by atoms with Crippen LogP contribution in [-0.2, 0) is 0 Å². The van der Waals surface area contributed by atoms with E-state index in [0.29, 0.717) is 37.1 Å². The molecule has 21 heavy (non-hydrogen) atoms. The molecule has 2 aromatic rings. The minimum absolute atomic E-state index is 0.253. The molecule has 0 spiro atoms. The van der Waals surface area contributed by atoms with Gasteiger partial charge >= 0.3 is 0 Å². The Hall–Kier alpha value is -1.23. The second-order valence-electron chi connectivity index (χ2n) is 4.12. The Labute approximate surface area is 140 Å². The molecule has 6 heteroatoms. The van der Waals surface area contributed by atoms with Crippen molar-refractivity contribution in [2.45, 2.75) is 0 Å². The molecule has 110 valence electrons. The van der Waals surface area contributed by atoms with Crippen LogP contribution in [0.15, 0.2) is 34.8 Å². The average Bonchev–Trinajstić information content (AvgIpc) is 2.46. The van der Waals surface area contributed by atoms with Gasteiger partial charge in [0.15, 0.2) is 5.78 Å². The molecular weight excluding hydrogens is 379 g/mol. The Morgan fingerprint density at radius 3 is 2.29 bits per heavy atom. The van der Waals surface area contributed by atoms with Crippen LogP contribution in [0.25, 0.3) is 0 Å². The zero-order chi connectivity index (χ0) is 15.6. The highest BCUT2D eigenvalue weighted by Crippen LogP contribution is 2.38. The Morgan fingerprint density at radius 1 is 1.05 bits per heavy atom. The summed E-state index contributed by atoms with van der Waals surface area (Å²) in [5, 5.41) is 0.765. The number of carbonyl (C=O) groups is 1. The molecule has 0 aliphatic carbocycles. The zero-order valence-corrected chi connectivity index (χ0v) is 14.3. The highest BCUT2D eigenvalue weighted by atomic mass is 79.9. The van der Waals surface area contributed by atoms with Crippen molar-refractivity contribution in [3.05, 3.63) is 56.0 Å². The molecule has 0 amide bonds. The molecule has 0 aromatic heterocycles. The molecule has 0 fully saturated rings. The molecule has 0 N–H and O–H groups in total. The SMILES string of the molecule is COc1ccc(C(=O)c2ccc(Cl)cc2Cl)c(OC)c1Br. The van der Waals surface area contributed by atoms with E-state index in [0.717, 1.165) is 0 Å². The van der Waals surface area contributed by atoms with Gasteiger partial charge in [0.05, 0.1) is 24.8 Å². The van der Waals surface area contributed by atoms with Crippen LogP contribution in [0.3, 0.4) is 0 Å². The average molecular weight is 390 g/mol. The van der Waals surface area contributed by atoms with E-state index in [1.807, 2.05) is 0 Å². The van der Waals surface area contributed by atoms with Gasteiger partial charge < -0.3 is 9.47 Å². The van der Waals surface area contributed by atoms with Gasteiger partial charge in [-0.2, -0.15) is 0 Å². The van der Waals surface area contributed by atoms with Crippen LogP contribution in [0.1, 0.15) is 15.9 Å². The van der Waals surface area contributed by atoms with Gasteiger partial charge in [-0.1, -0.05) is 23.2 Å². The summed E-state index contributed by atoms with van der Waals surface area (Å²) in [6.45, 7) is 0. The molecule has 0 bridgehead atoms. The molecule has 0 unspecified atom stereocenters. The lowest BCUT2D eigenvalue weighted by molar-refractivity contribution is 0.103. The van der Waals surface area contributed by atoms with Crippen molar-refractivity contribution in [2.24, 2.45) is 0 Å². The van der Waals surface area contributed by atoms with Crippen molar-refractivity contribution < 1.29 is 14.3 Å². The van der Waals surface area contributed by atoms with Crippen molar-refractivity contribution in [2.75, 3.05) is 14.2 Å². The van der Waals surface area contributed by atoms with Gasteiger partial charge in [-0.05, 0) is 46.3 Å². The maximum absolute atomic E-state index is 12.6. The smallest absolute Gasteiger partial charge is 0.198 e. The van der Waals surface area contributed by atoms with E-state index in [2.05, 4.69) is 15.9 Å². The first-order valence-electron chi connectivity index (χ1n) is 5.89. The normalized spacial score (nSPS) is 10.3. The lowest BCUT2D eigenvalue weighted by Gasteiger charge is -2.13. The zero-order valence-electron chi connectivity index (χ0n) is 11.2. The number of methoxy groups -OCH3 is 2. The second kappa shape index (κ2) is 6.69. The molecule has 0 saturated heterocycles. The first-order chi connectivity index (χ1) is 9.99. The first-order valence-corrected chi connectivity index (χ1v) is 7.44. The molecule has 0 radical (unpaired) electrons. The number of hydrogen-bond donors (Lipinski definition) is 0. The summed E-state index contributed by atoms with van der Waals surface area (Å²) in [7, 11) is 3.02. The number of carbonyl (C=O) groups excluding carboxylic acids is 1. The van der Waals surface area contributed by atoms with Crippen molar-refractivity contribution in [1.29, 1.82) is 0 Å². The van der Waals surface area contributed by atoms with E-state index in [1.165, 1.54) is 20.3 Å². The number of halogens is 3. The second-order valence-corrected chi connectivity index (χ2v) is 5.75. The summed E-state index contributed by atoms with van der Waals surface area (Å²) in [5.41, 5.74) is 0.742. The van der Waals surface area contributed by atoms with Crippen LogP contribution in [-0.4, -0.2) is 20.0 Å². The van der Waals surface area contributed by atoms with Gasteiger partial charge in [0.25, 0.3) is 0 Å². The quantitative estimate of drug-likeness (QED) is 0.690. The third-order valence-electron chi connectivity index (χ3n) is 2.91. The van der Waals surface area contributed by atoms with Crippen molar-refractivity contribution in [3.8, 4) is 11.5 Å².